The molecule has 1 aromatic carbocycles. The molecule has 0 atom stereocenters. The summed E-state index contributed by atoms with van der Waals surface area (Å²) in [5, 5.41) is 11.1. The summed E-state index contributed by atoms with van der Waals surface area (Å²) in [6.07, 6.45) is 2.22. The molecule has 0 N–H and O–H groups in total. The van der Waals surface area contributed by atoms with Crippen LogP contribution in [0.25, 0.3) is 10.9 Å². The average Bonchev–Trinajstić information content (AvgIpc) is 2.92. The van der Waals surface area contributed by atoms with Crippen molar-refractivity contribution in [2.24, 2.45) is 0 Å². The Morgan fingerprint density at radius 3 is 2.67 bits per heavy atom. The van der Waals surface area contributed by atoms with E-state index in [2.05, 4.69) is 16.5 Å². The number of Topliss-reactive ketones (excluding diaryl/α,β-unsaturated/α-hetero) is 1. The number of rotatable bonds is 6. The van der Waals surface area contributed by atoms with Crippen LogP contribution < -0.4 is 5.56 Å². The number of ketones is 1. The fourth-order valence-electron chi connectivity index (χ4n) is 3.26. The van der Waals surface area contributed by atoms with Crippen LogP contribution in [0.3, 0.4) is 0 Å². The van der Waals surface area contributed by atoms with Crippen LogP contribution in [0.4, 0.5) is 5.69 Å². The highest BCUT2D eigenvalue weighted by atomic mass is 16.6. The molecule has 0 aliphatic carbocycles. The molecular formula is C19H20N4O4. The van der Waals surface area contributed by atoms with Gasteiger partial charge in [0.1, 0.15) is 0 Å². The van der Waals surface area contributed by atoms with Crippen molar-refractivity contribution >= 4 is 22.4 Å². The number of nitro benzene ring substituents is 1. The van der Waals surface area contributed by atoms with E-state index in [1.807, 2.05) is 19.9 Å². The Kier molecular flexibility index (Phi) is 4.89. The minimum atomic E-state index is -0.539. The molecule has 27 heavy (non-hydrogen) atoms. The van der Waals surface area contributed by atoms with Crippen molar-refractivity contribution in [3.63, 3.8) is 0 Å². The minimum absolute atomic E-state index is 0.130. The highest BCUT2D eigenvalue weighted by molar-refractivity contribution is 5.97. The number of aromatic nitrogens is 3. The molecule has 0 radical (unpaired) electrons. The molecular weight excluding hydrogens is 348 g/mol. The standard InChI is InChI=1S/C19H20N4O4/c1-4-7-22-12(2)8-16(13(22)3)18(24)10-21-11-20-17-9-14(23(26)27)5-6-15(17)19(21)25/h5-6,8-9,11H,4,7,10H2,1-3H3. The topological polar surface area (TPSA) is 100 Å². The number of hydrogen-bond acceptors (Lipinski definition) is 5. The number of benzene rings is 1. The third-order valence-corrected chi connectivity index (χ3v) is 4.65. The molecule has 3 rings (SSSR count). The van der Waals surface area contributed by atoms with Gasteiger partial charge in [0.15, 0.2) is 5.78 Å². The van der Waals surface area contributed by atoms with Gasteiger partial charge in [-0.25, -0.2) is 4.98 Å². The molecule has 0 saturated carbocycles. The van der Waals surface area contributed by atoms with Crippen LogP contribution in [0.1, 0.15) is 35.1 Å². The molecule has 2 aromatic heterocycles. The third-order valence-electron chi connectivity index (χ3n) is 4.65. The summed E-state index contributed by atoms with van der Waals surface area (Å²) in [5.41, 5.74) is 2.19. The molecule has 3 aromatic rings. The zero-order chi connectivity index (χ0) is 19.7. The van der Waals surface area contributed by atoms with Gasteiger partial charge >= 0.3 is 0 Å². The van der Waals surface area contributed by atoms with Crippen molar-refractivity contribution in [3.8, 4) is 0 Å². The molecule has 0 bridgehead atoms. The van der Waals surface area contributed by atoms with Gasteiger partial charge in [0.2, 0.25) is 0 Å². The van der Waals surface area contributed by atoms with E-state index in [1.54, 1.807) is 0 Å². The van der Waals surface area contributed by atoms with Crippen LogP contribution in [0, 0.1) is 24.0 Å². The van der Waals surface area contributed by atoms with Crippen LogP contribution in [-0.4, -0.2) is 24.8 Å². The van der Waals surface area contributed by atoms with Crippen molar-refractivity contribution in [1.82, 2.24) is 14.1 Å². The number of carbonyl (C=O) groups excluding carboxylic acids is 1. The smallest absolute Gasteiger partial charge is 0.271 e. The van der Waals surface area contributed by atoms with Gasteiger partial charge in [-0.05, 0) is 32.4 Å². The molecule has 8 heteroatoms. The second-order valence-corrected chi connectivity index (χ2v) is 6.50. The third kappa shape index (κ3) is 3.38. The van der Waals surface area contributed by atoms with Crippen molar-refractivity contribution in [2.75, 3.05) is 0 Å². The number of aryl methyl sites for hydroxylation is 1. The van der Waals surface area contributed by atoms with E-state index in [1.165, 1.54) is 29.1 Å². The lowest BCUT2D eigenvalue weighted by Crippen LogP contribution is -2.25. The van der Waals surface area contributed by atoms with E-state index in [0.717, 1.165) is 24.4 Å². The Bertz CT molecular complexity index is 1110. The number of nitro groups is 1. The lowest BCUT2D eigenvalue weighted by Gasteiger charge is -2.08. The molecule has 0 fully saturated rings. The predicted molar refractivity (Wildman–Crippen MR) is 101 cm³/mol. The van der Waals surface area contributed by atoms with Gasteiger partial charge in [-0.1, -0.05) is 6.92 Å². The number of nitrogens with zero attached hydrogens (tertiary/aromatic N) is 4. The van der Waals surface area contributed by atoms with Crippen molar-refractivity contribution in [1.29, 1.82) is 0 Å². The van der Waals surface area contributed by atoms with E-state index in [4.69, 9.17) is 0 Å². The number of hydrogen-bond donors (Lipinski definition) is 0. The van der Waals surface area contributed by atoms with E-state index in [-0.39, 0.29) is 28.9 Å². The monoisotopic (exact) mass is 368 g/mol. The van der Waals surface area contributed by atoms with Crippen LogP contribution >= 0.6 is 0 Å². The quantitative estimate of drug-likeness (QED) is 0.378. The minimum Gasteiger partial charge on any atom is -0.348 e. The first kappa shape index (κ1) is 18.5. The van der Waals surface area contributed by atoms with Crippen molar-refractivity contribution in [2.45, 2.75) is 40.3 Å². The molecule has 0 unspecified atom stereocenters. The van der Waals surface area contributed by atoms with Gasteiger partial charge in [-0.3, -0.25) is 24.3 Å². The van der Waals surface area contributed by atoms with Crippen LogP contribution in [-0.2, 0) is 13.1 Å². The van der Waals surface area contributed by atoms with Crippen molar-refractivity contribution < 1.29 is 9.72 Å². The van der Waals surface area contributed by atoms with Crippen LogP contribution in [0.15, 0.2) is 35.4 Å². The Balaban J connectivity index is 1.95. The summed E-state index contributed by atoms with van der Waals surface area (Å²) in [6, 6.07) is 5.73. The largest absolute Gasteiger partial charge is 0.348 e. The first-order valence-corrected chi connectivity index (χ1v) is 8.67. The SMILES string of the molecule is CCCn1c(C)cc(C(=O)Cn2cnc3cc([N+](=O)[O-])ccc3c2=O)c1C. The predicted octanol–water partition coefficient (Wildman–Crippen LogP) is 3.02. The Morgan fingerprint density at radius 1 is 1.26 bits per heavy atom. The highest BCUT2D eigenvalue weighted by Gasteiger charge is 2.17. The molecule has 0 aliphatic rings. The first-order valence-electron chi connectivity index (χ1n) is 8.67. The fourth-order valence-corrected chi connectivity index (χ4v) is 3.26. The maximum Gasteiger partial charge on any atom is 0.271 e. The van der Waals surface area contributed by atoms with Gasteiger partial charge < -0.3 is 4.57 Å². The molecule has 140 valence electrons. The molecule has 0 spiro atoms. The van der Waals surface area contributed by atoms with Gasteiger partial charge in [-0.15, -0.1) is 0 Å². The molecule has 0 aliphatic heterocycles. The van der Waals surface area contributed by atoms with Gasteiger partial charge in [0.25, 0.3) is 11.2 Å². The second kappa shape index (κ2) is 7.14. The van der Waals surface area contributed by atoms with Gasteiger partial charge in [-0.2, -0.15) is 0 Å². The van der Waals surface area contributed by atoms with Gasteiger partial charge in [0, 0.05) is 35.6 Å². The first-order chi connectivity index (χ1) is 12.8. The maximum atomic E-state index is 12.7. The van der Waals surface area contributed by atoms with Crippen molar-refractivity contribution in [3.05, 3.63) is 68.0 Å². The zero-order valence-electron chi connectivity index (χ0n) is 15.4. The van der Waals surface area contributed by atoms with E-state index >= 15 is 0 Å². The Hall–Kier alpha value is -3.29. The number of non-ortho nitro benzene ring substituents is 1. The van der Waals surface area contributed by atoms with E-state index in [9.17, 15) is 19.7 Å². The van der Waals surface area contributed by atoms with Crippen LogP contribution in [0.2, 0.25) is 0 Å². The molecule has 2 heterocycles. The summed E-state index contributed by atoms with van der Waals surface area (Å²) >= 11 is 0. The van der Waals surface area contributed by atoms with E-state index in [0.29, 0.717) is 5.56 Å². The molecule has 0 saturated heterocycles. The highest BCUT2D eigenvalue weighted by Crippen LogP contribution is 2.18. The zero-order valence-corrected chi connectivity index (χ0v) is 15.4. The van der Waals surface area contributed by atoms with E-state index < -0.39 is 10.5 Å². The Morgan fingerprint density at radius 2 is 2.00 bits per heavy atom. The maximum absolute atomic E-state index is 12.7. The number of carbonyl (C=O) groups is 1. The van der Waals surface area contributed by atoms with Crippen LogP contribution in [0.5, 0.6) is 0 Å². The summed E-state index contributed by atoms with van der Waals surface area (Å²) in [7, 11) is 0. The number of fused-ring (bicyclic) bond motifs is 1. The summed E-state index contributed by atoms with van der Waals surface area (Å²) in [4.78, 5) is 39.8. The summed E-state index contributed by atoms with van der Waals surface area (Å²) < 4.78 is 3.33. The Labute approximate surface area is 155 Å². The lowest BCUT2D eigenvalue weighted by molar-refractivity contribution is -0.384. The summed E-state index contributed by atoms with van der Waals surface area (Å²) in [6.45, 7) is 6.63. The molecule has 8 nitrogen and oxygen atoms in total. The average molecular weight is 368 g/mol. The van der Waals surface area contributed by atoms with Gasteiger partial charge in [0.05, 0.1) is 28.7 Å². The summed E-state index contributed by atoms with van der Waals surface area (Å²) in [5.74, 6) is -0.171. The fraction of sp³-hybridized carbons (Fsp3) is 0.316. The molecule has 0 amide bonds. The second-order valence-electron chi connectivity index (χ2n) is 6.50. The normalized spacial score (nSPS) is 11.1. The lowest BCUT2D eigenvalue weighted by atomic mass is 10.1.